The highest BCUT2D eigenvalue weighted by Gasteiger charge is 2.54. The van der Waals surface area contributed by atoms with E-state index in [9.17, 15) is 9.90 Å². The standard InChI is InChI=1S/C14H27NO3/c1-7-13(5)9-12(17)10(3)14(6,8-2)15(13)18-11(4)16/h10,12,17H,7-9H2,1-6H3. The Balaban J connectivity index is 3.19. The Kier molecular flexibility index (Phi) is 4.44. The third-order valence-corrected chi connectivity index (χ3v) is 4.86. The van der Waals surface area contributed by atoms with Crippen molar-refractivity contribution in [1.29, 1.82) is 0 Å². The highest BCUT2D eigenvalue weighted by atomic mass is 16.7. The number of aliphatic hydroxyl groups excluding tert-OH is 1. The molecule has 0 spiro atoms. The first kappa shape index (κ1) is 15.4. The van der Waals surface area contributed by atoms with E-state index in [1.807, 2.05) is 12.0 Å². The SMILES string of the molecule is CCC1(C)CC(O)C(C)C(C)(CC)N1OC(C)=O. The van der Waals surface area contributed by atoms with Crippen LogP contribution in [0.25, 0.3) is 0 Å². The van der Waals surface area contributed by atoms with Crippen LogP contribution >= 0.6 is 0 Å². The first-order chi connectivity index (χ1) is 8.21. The van der Waals surface area contributed by atoms with Crippen LogP contribution in [-0.2, 0) is 9.63 Å². The fourth-order valence-corrected chi connectivity index (χ4v) is 3.02. The minimum absolute atomic E-state index is 0.0708. The van der Waals surface area contributed by atoms with Crippen molar-refractivity contribution in [2.45, 2.75) is 78.0 Å². The van der Waals surface area contributed by atoms with E-state index in [1.54, 1.807) is 0 Å². The summed E-state index contributed by atoms with van der Waals surface area (Å²) in [7, 11) is 0. The number of rotatable bonds is 3. The fraction of sp³-hybridized carbons (Fsp3) is 0.929. The third kappa shape index (κ3) is 2.41. The smallest absolute Gasteiger partial charge is 0.322 e. The van der Waals surface area contributed by atoms with Gasteiger partial charge in [0.15, 0.2) is 0 Å². The molecule has 0 amide bonds. The number of hydrogen-bond acceptors (Lipinski definition) is 4. The molecule has 18 heavy (non-hydrogen) atoms. The maximum Gasteiger partial charge on any atom is 0.322 e. The maximum absolute atomic E-state index is 11.4. The second-order valence-corrected chi connectivity index (χ2v) is 6.00. The number of piperidine rings is 1. The number of carbonyl (C=O) groups excluding carboxylic acids is 1. The molecule has 0 aromatic heterocycles. The normalized spacial score (nSPS) is 41.7. The van der Waals surface area contributed by atoms with Crippen molar-refractivity contribution in [1.82, 2.24) is 5.06 Å². The molecule has 0 aliphatic carbocycles. The minimum atomic E-state index is -0.355. The number of nitrogens with zero attached hydrogens (tertiary/aromatic N) is 1. The number of carbonyl (C=O) groups is 1. The van der Waals surface area contributed by atoms with Crippen LogP contribution in [0.4, 0.5) is 0 Å². The van der Waals surface area contributed by atoms with Gasteiger partial charge in [0.1, 0.15) is 0 Å². The Morgan fingerprint density at radius 3 is 2.33 bits per heavy atom. The van der Waals surface area contributed by atoms with Crippen LogP contribution in [0.1, 0.15) is 60.8 Å². The molecule has 1 heterocycles. The van der Waals surface area contributed by atoms with Gasteiger partial charge in [0.2, 0.25) is 0 Å². The number of hydrogen-bond donors (Lipinski definition) is 1. The zero-order chi connectivity index (χ0) is 14.1. The fourth-order valence-electron chi connectivity index (χ4n) is 3.02. The van der Waals surface area contributed by atoms with Gasteiger partial charge in [-0.15, -0.1) is 5.06 Å². The molecule has 4 nitrogen and oxygen atoms in total. The molecule has 1 rings (SSSR count). The summed E-state index contributed by atoms with van der Waals surface area (Å²) < 4.78 is 0. The molecule has 106 valence electrons. The van der Waals surface area contributed by atoms with Gasteiger partial charge >= 0.3 is 5.97 Å². The Morgan fingerprint density at radius 1 is 1.39 bits per heavy atom. The van der Waals surface area contributed by atoms with E-state index in [-0.39, 0.29) is 29.1 Å². The first-order valence-corrected chi connectivity index (χ1v) is 6.88. The highest BCUT2D eigenvalue weighted by molar-refractivity contribution is 5.65. The summed E-state index contributed by atoms with van der Waals surface area (Å²) in [6.07, 6.45) is 1.94. The van der Waals surface area contributed by atoms with E-state index in [0.717, 1.165) is 12.8 Å². The Labute approximate surface area is 110 Å². The molecule has 1 saturated heterocycles. The van der Waals surface area contributed by atoms with E-state index in [4.69, 9.17) is 4.84 Å². The van der Waals surface area contributed by atoms with Gasteiger partial charge < -0.3 is 9.94 Å². The van der Waals surface area contributed by atoms with Crippen molar-refractivity contribution in [3.05, 3.63) is 0 Å². The molecule has 1 aliphatic heterocycles. The quantitative estimate of drug-likeness (QED) is 0.844. The van der Waals surface area contributed by atoms with Crippen molar-refractivity contribution in [3.8, 4) is 0 Å². The first-order valence-electron chi connectivity index (χ1n) is 6.88. The summed E-state index contributed by atoms with van der Waals surface area (Å²) in [5.74, 6) is -0.223. The second-order valence-electron chi connectivity index (χ2n) is 6.00. The molecule has 4 heteroatoms. The van der Waals surface area contributed by atoms with Crippen LogP contribution < -0.4 is 0 Å². The van der Waals surface area contributed by atoms with Crippen LogP contribution in [0.5, 0.6) is 0 Å². The average molecular weight is 257 g/mol. The summed E-state index contributed by atoms with van der Waals surface area (Å²) >= 11 is 0. The van der Waals surface area contributed by atoms with E-state index in [0.29, 0.717) is 6.42 Å². The zero-order valence-electron chi connectivity index (χ0n) is 12.5. The molecule has 4 atom stereocenters. The van der Waals surface area contributed by atoms with E-state index in [1.165, 1.54) is 6.92 Å². The molecule has 0 bridgehead atoms. The predicted octanol–water partition coefficient (Wildman–Crippen LogP) is 2.50. The molecule has 0 aromatic rings. The zero-order valence-corrected chi connectivity index (χ0v) is 12.5. The number of hydroxylamine groups is 2. The summed E-state index contributed by atoms with van der Waals surface area (Å²) in [6, 6.07) is 0. The van der Waals surface area contributed by atoms with Gasteiger partial charge in [-0.2, -0.15) is 0 Å². The van der Waals surface area contributed by atoms with Crippen molar-refractivity contribution in [2.24, 2.45) is 5.92 Å². The van der Waals surface area contributed by atoms with Gasteiger partial charge in [-0.1, -0.05) is 20.8 Å². The topological polar surface area (TPSA) is 49.8 Å². The molecule has 4 unspecified atom stereocenters. The monoisotopic (exact) mass is 257 g/mol. The van der Waals surface area contributed by atoms with E-state index >= 15 is 0 Å². The van der Waals surface area contributed by atoms with Crippen LogP contribution in [0.15, 0.2) is 0 Å². The highest BCUT2D eigenvalue weighted by Crippen LogP contribution is 2.45. The van der Waals surface area contributed by atoms with Gasteiger partial charge in [0, 0.05) is 12.8 Å². The lowest BCUT2D eigenvalue weighted by Gasteiger charge is -2.57. The minimum Gasteiger partial charge on any atom is -0.393 e. The average Bonchev–Trinajstić information content (AvgIpc) is 2.32. The van der Waals surface area contributed by atoms with Crippen LogP contribution in [0.3, 0.4) is 0 Å². The van der Waals surface area contributed by atoms with Gasteiger partial charge in [0.05, 0.1) is 17.2 Å². The Morgan fingerprint density at radius 2 is 1.94 bits per heavy atom. The molecule has 0 aromatic carbocycles. The van der Waals surface area contributed by atoms with Gasteiger partial charge in [-0.3, -0.25) is 4.79 Å². The summed E-state index contributed by atoms with van der Waals surface area (Å²) in [4.78, 5) is 16.9. The van der Waals surface area contributed by atoms with Crippen LogP contribution in [0, 0.1) is 5.92 Å². The number of aliphatic hydroxyl groups is 1. The molecule has 1 fully saturated rings. The molecular formula is C14H27NO3. The lowest BCUT2D eigenvalue weighted by molar-refractivity contribution is -0.298. The lowest BCUT2D eigenvalue weighted by Crippen LogP contribution is -2.67. The van der Waals surface area contributed by atoms with E-state index in [2.05, 4.69) is 27.7 Å². The predicted molar refractivity (Wildman–Crippen MR) is 70.8 cm³/mol. The van der Waals surface area contributed by atoms with Gasteiger partial charge in [-0.05, 0) is 33.1 Å². The summed E-state index contributed by atoms with van der Waals surface area (Å²) in [5.41, 5.74) is -0.629. The second kappa shape index (κ2) is 5.17. The van der Waals surface area contributed by atoms with Crippen molar-refractivity contribution in [2.75, 3.05) is 0 Å². The van der Waals surface area contributed by atoms with Crippen LogP contribution in [0.2, 0.25) is 0 Å². The Bertz CT molecular complexity index is 320. The molecule has 0 saturated carbocycles. The van der Waals surface area contributed by atoms with Crippen molar-refractivity contribution < 1.29 is 14.7 Å². The van der Waals surface area contributed by atoms with Crippen molar-refractivity contribution >= 4 is 5.97 Å². The molecular weight excluding hydrogens is 230 g/mol. The molecule has 0 radical (unpaired) electrons. The molecule has 1 N–H and O–H groups in total. The molecule has 1 aliphatic rings. The van der Waals surface area contributed by atoms with Crippen LogP contribution in [-0.4, -0.2) is 33.3 Å². The third-order valence-electron chi connectivity index (χ3n) is 4.86. The lowest BCUT2D eigenvalue weighted by atomic mass is 9.69. The van der Waals surface area contributed by atoms with Gasteiger partial charge in [0.25, 0.3) is 0 Å². The maximum atomic E-state index is 11.4. The summed E-state index contributed by atoms with van der Waals surface area (Å²) in [6.45, 7) is 11.7. The van der Waals surface area contributed by atoms with Gasteiger partial charge in [-0.25, -0.2) is 0 Å². The summed E-state index contributed by atoms with van der Waals surface area (Å²) in [5, 5.41) is 12.1. The van der Waals surface area contributed by atoms with E-state index < -0.39 is 0 Å². The van der Waals surface area contributed by atoms with Crippen molar-refractivity contribution in [3.63, 3.8) is 0 Å². The Hall–Kier alpha value is -0.610. The largest absolute Gasteiger partial charge is 0.393 e.